The zero-order valence-electron chi connectivity index (χ0n) is 11.9. The molecule has 3 nitrogen and oxygen atoms in total. The van der Waals surface area contributed by atoms with Gasteiger partial charge in [-0.25, -0.2) is 0 Å². The molecule has 3 rings (SSSR count). The van der Waals surface area contributed by atoms with Crippen LogP contribution in [0.4, 0.5) is 5.69 Å². The number of anilines is 1. The van der Waals surface area contributed by atoms with E-state index in [-0.39, 0.29) is 0 Å². The molecule has 1 aliphatic carbocycles. The number of nitrogens with zero attached hydrogens (tertiary/aromatic N) is 1. The Bertz CT molecular complexity index is 438. The molecule has 1 unspecified atom stereocenters. The van der Waals surface area contributed by atoms with E-state index in [1.165, 1.54) is 48.9 Å². The standard InChI is InChI=1S/C16H25N3/c1-19-9-8-13-10-12(6-7-16(13)19)15(11-17)18-14-4-2-3-5-14/h6-7,10,14-15,18H,2-5,8-9,11,17H2,1H3. The molecule has 1 heterocycles. The summed E-state index contributed by atoms with van der Waals surface area (Å²) in [7, 11) is 2.17. The van der Waals surface area contributed by atoms with Gasteiger partial charge in [-0.05, 0) is 36.5 Å². The Morgan fingerprint density at radius 1 is 1.37 bits per heavy atom. The number of likely N-dealkylation sites (N-methyl/N-ethyl adjacent to an activating group) is 1. The van der Waals surface area contributed by atoms with Crippen molar-refractivity contribution in [3.05, 3.63) is 29.3 Å². The average Bonchev–Trinajstić information content (AvgIpc) is 3.06. The van der Waals surface area contributed by atoms with Crippen LogP contribution in [-0.4, -0.2) is 26.2 Å². The predicted octanol–water partition coefficient (Wildman–Crippen LogP) is 2.21. The minimum absolute atomic E-state index is 0.319. The van der Waals surface area contributed by atoms with Crippen LogP contribution in [0.25, 0.3) is 0 Å². The first-order chi connectivity index (χ1) is 9.28. The molecule has 0 aromatic heterocycles. The lowest BCUT2D eigenvalue weighted by atomic mass is 10.0. The van der Waals surface area contributed by atoms with Crippen molar-refractivity contribution in [1.82, 2.24) is 5.32 Å². The fourth-order valence-electron chi connectivity index (χ4n) is 3.48. The van der Waals surface area contributed by atoms with Crippen LogP contribution in [-0.2, 0) is 6.42 Å². The second kappa shape index (κ2) is 5.51. The molecule has 0 amide bonds. The summed E-state index contributed by atoms with van der Waals surface area (Å²) >= 11 is 0. The van der Waals surface area contributed by atoms with Gasteiger partial charge in [0.2, 0.25) is 0 Å². The van der Waals surface area contributed by atoms with E-state index in [2.05, 4.69) is 35.5 Å². The van der Waals surface area contributed by atoms with Crippen molar-refractivity contribution in [3.63, 3.8) is 0 Å². The molecule has 3 N–H and O–H groups in total. The van der Waals surface area contributed by atoms with Crippen molar-refractivity contribution in [1.29, 1.82) is 0 Å². The Morgan fingerprint density at radius 3 is 2.89 bits per heavy atom. The van der Waals surface area contributed by atoms with Gasteiger partial charge in [0.25, 0.3) is 0 Å². The van der Waals surface area contributed by atoms with Gasteiger partial charge in [-0.2, -0.15) is 0 Å². The summed E-state index contributed by atoms with van der Waals surface area (Å²) in [6.45, 7) is 1.83. The maximum Gasteiger partial charge on any atom is 0.0446 e. The van der Waals surface area contributed by atoms with E-state index < -0.39 is 0 Å². The minimum atomic E-state index is 0.319. The molecule has 19 heavy (non-hydrogen) atoms. The predicted molar refractivity (Wildman–Crippen MR) is 80.6 cm³/mol. The highest BCUT2D eigenvalue weighted by Crippen LogP contribution is 2.30. The maximum absolute atomic E-state index is 5.98. The van der Waals surface area contributed by atoms with E-state index in [1.54, 1.807) is 0 Å². The van der Waals surface area contributed by atoms with Gasteiger partial charge >= 0.3 is 0 Å². The van der Waals surface area contributed by atoms with Crippen molar-refractivity contribution in [3.8, 4) is 0 Å². The van der Waals surface area contributed by atoms with Gasteiger partial charge in [0.1, 0.15) is 0 Å². The highest BCUT2D eigenvalue weighted by Gasteiger charge is 2.21. The van der Waals surface area contributed by atoms with Crippen LogP contribution in [0.3, 0.4) is 0 Å². The lowest BCUT2D eigenvalue weighted by molar-refractivity contribution is 0.444. The first kappa shape index (κ1) is 12.9. The van der Waals surface area contributed by atoms with Crippen molar-refractivity contribution < 1.29 is 0 Å². The second-order valence-electron chi connectivity index (χ2n) is 6.00. The third-order valence-corrected chi connectivity index (χ3v) is 4.66. The molecular weight excluding hydrogens is 234 g/mol. The molecule has 2 aliphatic rings. The summed E-state index contributed by atoms with van der Waals surface area (Å²) in [5.74, 6) is 0. The molecular formula is C16H25N3. The Morgan fingerprint density at radius 2 is 2.16 bits per heavy atom. The summed E-state index contributed by atoms with van der Waals surface area (Å²) in [4.78, 5) is 2.33. The molecule has 1 aromatic rings. The maximum atomic E-state index is 5.98. The third-order valence-electron chi connectivity index (χ3n) is 4.66. The summed E-state index contributed by atoms with van der Waals surface area (Å²) in [6.07, 6.45) is 6.52. The average molecular weight is 259 g/mol. The van der Waals surface area contributed by atoms with Crippen LogP contribution in [0.2, 0.25) is 0 Å². The summed E-state index contributed by atoms with van der Waals surface area (Å²) in [5.41, 5.74) is 10.2. The molecule has 1 aromatic carbocycles. The van der Waals surface area contributed by atoms with Crippen molar-refractivity contribution in [2.75, 3.05) is 25.0 Å². The molecule has 1 fully saturated rings. The second-order valence-corrected chi connectivity index (χ2v) is 6.00. The molecule has 3 heteroatoms. The summed E-state index contributed by atoms with van der Waals surface area (Å²) in [5, 5.41) is 3.75. The van der Waals surface area contributed by atoms with Crippen molar-refractivity contribution in [2.45, 2.75) is 44.2 Å². The van der Waals surface area contributed by atoms with Crippen molar-refractivity contribution >= 4 is 5.69 Å². The SMILES string of the molecule is CN1CCc2cc(C(CN)NC3CCCC3)ccc21. The molecule has 0 bridgehead atoms. The lowest BCUT2D eigenvalue weighted by Gasteiger charge is -2.23. The molecule has 104 valence electrons. The van der Waals surface area contributed by atoms with Gasteiger partial charge in [0.05, 0.1) is 0 Å². The van der Waals surface area contributed by atoms with E-state index in [0.717, 1.165) is 6.54 Å². The van der Waals surface area contributed by atoms with Crippen molar-refractivity contribution in [2.24, 2.45) is 5.73 Å². The number of fused-ring (bicyclic) bond motifs is 1. The smallest absolute Gasteiger partial charge is 0.0446 e. The highest BCUT2D eigenvalue weighted by atomic mass is 15.1. The van der Waals surface area contributed by atoms with E-state index in [1.807, 2.05) is 0 Å². The number of nitrogens with two attached hydrogens (primary N) is 1. The van der Waals surface area contributed by atoms with E-state index in [9.17, 15) is 0 Å². The number of hydrogen-bond acceptors (Lipinski definition) is 3. The normalized spacial score (nSPS) is 20.8. The first-order valence-electron chi connectivity index (χ1n) is 7.58. The van der Waals surface area contributed by atoms with Gasteiger partial charge in [-0.1, -0.05) is 25.0 Å². The fourth-order valence-corrected chi connectivity index (χ4v) is 3.48. The first-order valence-corrected chi connectivity index (χ1v) is 7.58. The van der Waals surface area contributed by atoms with Crippen LogP contribution in [0, 0.1) is 0 Å². The molecule has 1 saturated carbocycles. The van der Waals surface area contributed by atoms with Crippen LogP contribution in [0.1, 0.15) is 42.9 Å². The molecule has 1 atom stereocenters. The minimum Gasteiger partial charge on any atom is -0.374 e. The zero-order valence-corrected chi connectivity index (χ0v) is 11.9. The zero-order chi connectivity index (χ0) is 13.2. The third kappa shape index (κ3) is 2.63. The molecule has 0 radical (unpaired) electrons. The number of hydrogen-bond donors (Lipinski definition) is 2. The van der Waals surface area contributed by atoms with Gasteiger partial charge in [0.15, 0.2) is 0 Å². The summed E-state index contributed by atoms with van der Waals surface area (Å²) < 4.78 is 0. The molecule has 1 aliphatic heterocycles. The van der Waals surface area contributed by atoms with E-state index in [4.69, 9.17) is 5.73 Å². The Hall–Kier alpha value is -1.06. The monoisotopic (exact) mass is 259 g/mol. The largest absolute Gasteiger partial charge is 0.374 e. The summed E-state index contributed by atoms with van der Waals surface area (Å²) in [6, 6.07) is 7.86. The van der Waals surface area contributed by atoms with E-state index >= 15 is 0 Å². The topological polar surface area (TPSA) is 41.3 Å². The van der Waals surface area contributed by atoms with Crippen LogP contribution in [0.15, 0.2) is 18.2 Å². The van der Waals surface area contributed by atoms with Gasteiger partial charge in [-0.3, -0.25) is 0 Å². The van der Waals surface area contributed by atoms with Crippen LogP contribution >= 0.6 is 0 Å². The van der Waals surface area contributed by atoms with Gasteiger partial charge in [-0.15, -0.1) is 0 Å². The Balaban J connectivity index is 1.75. The van der Waals surface area contributed by atoms with Gasteiger partial charge < -0.3 is 16.0 Å². The van der Waals surface area contributed by atoms with E-state index in [0.29, 0.717) is 18.6 Å². The highest BCUT2D eigenvalue weighted by molar-refractivity contribution is 5.58. The lowest BCUT2D eigenvalue weighted by Crippen LogP contribution is -2.35. The van der Waals surface area contributed by atoms with Crippen LogP contribution < -0.4 is 16.0 Å². The Labute approximate surface area is 116 Å². The molecule has 0 saturated heterocycles. The number of rotatable bonds is 4. The molecule has 0 spiro atoms. The Kier molecular flexibility index (Phi) is 3.76. The van der Waals surface area contributed by atoms with Crippen LogP contribution in [0.5, 0.6) is 0 Å². The quantitative estimate of drug-likeness (QED) is 0.871. The fraction of sp³-hybridized carbons (Fsp3) is 0.625. The number of benzene rings is 1. The van der Waals surface area contributed by atoms with Gasteiger partial charge in [0, 0.05) is 37.9 Å². The number of nitrogens with one attached hydrogen (secondary N) is 1.